The van der Waals surface area contributed by atoms with E-state index in [2.05, 4.69) is 52.6 Å². The number of halogens is 1. The highest BCUT2D eigenvalue weighted by Gasteiger charge is 2.27. The van der Waals surface area contributed by atoms with E-state index < -0.39 is 0 Å². The summed E-state index contributed by atoms with van der Waals surface area (Å²) in [7, 11) is 0. The van der Waals surface area contributed by atoms with Gasteiger partial charge in [-0.05, 0) is 23.1 Å². The Morgan fingerprint density at radius 2 is 2.04 bits per heavy atom. The van der Waals surface area contributed by atoms with Crippen LogP contribution in [0.3, 0.4) is 0 Å². The molecule has 0 aliphatic carbocycles. The zero-order chi connectivity index (χ0) is 18.4. The van der Waals surface area contributed by atoms with Gasteiger partial charge in [-0.15, -0.1) is 12.4 Å². The fourth-order valence-corrected chi connectivity index (χ4v) is 3.54. The first-order chi connectivity index (χ1) is 12.6. The van der Waals surface area contributed by atoms with Crippen LogP contribution in [0.15, 0.2) is 54.9 Å². The Morgan fingerprint density at radius 1 is 1.26 bits per heavy atom. The summed E-state index contributed by atoms with van der Waals surface area (Å²) in [5, 5.41) is 6.66. The Hall–Kier alpha value is -1.95. The van der Waals surface area contributed by atoms with Gasteiger partial charge in [-0.3, -0.25) is 14.7 Å². The van der Waals surface area contributed by atoms with Crippen molar-refractivity contribution >= 4 is 18.3 Å². The lowest BCUT2D eigenvalue weighted by Crippen LogP contribution is -2.50. The van der Waals surface area contributed by atoms with Crippen LogP contribution in [0.5, 0.6) is 0 Å². The molecule has 27 heavy (non-hydrogen) atoms. The highest BCUT2D eigenvalue weighted by Crippen LogP contribution is 2.23. The monoisotopic (exact) mass is 388 g/mol. The predicted octanol–water partition coefficient (Wildman–Crippen LogP) is 2.96. The van der Waals surface area contributed by atoms with Gasteiger partial charge in [-0.2, -0.15) is 0 Å². The number of piperazine rings is 1. The number of carbonyl (C=O) groups excluding carboxylic acids is 1. The molecule has 1 saturated heterocycles. The van der Waals surface area contributed by atoms with Gasteiger partial charge in [0.1, 0.15) is 0 Å². The summed E-state index contributed by atoms with van der Waals surface area (Å²) in [4.78, 5) is 19.3. The molecule has 1 aliphatic heterocycles. The summed E-state index contributed by atoms with van der Waals surface area (Å²) < 4.78 is 0. The summed E-state index contributed by atoms with van der Waals surface area (Å²) >= 11 is 0. The van der Waals surface area contributed by atoms with Gasteiger partial charge in [0.15, 0.2) is 0 Å². The quantitative estimate of drug-likeness (QED) is 0.798. The van der Waals surface area contributed by atoms with E-state index in [4.69, 9.17) is 0 Å². The molecule has 1 aromatic carbocycles. The van der Waals surface area contributed by atoms with Gasteiger partial charge in [-0.1, -0.05) is 50.2 Å². The Morgan fingerprint density at radius 3 is 2.70 bits per heavy atom. The lowest BCUT2D eigenvalue weighted by Gasteiger charge is -2.36. The maximum Gasteiger partial charge on any atom is 0.234 e. The van der Waals surface area contributed by atoms with Crippen molar-refractivity contribution in [2.24, 2.45) is 5.92 Å². The molecule has 0 bridgehead atoms. The zero-order valence-corrected chi connectivity index (χ0v) is 16.8. The molecule has 2 atom stereocenters. The van der Waals surface area contributed by atoms with Crippen molar-refractivity contribution < 1.29 is 4.79 Å². The number of hydrogen-bond acceptors (Lipinski definition) is 4. The predicted molar refractivity (Wildman–Crippen MR) is 111 cm³/mol. The average molecular weight is 389 g/mol. The summed E-state index contributed by atoms with van der Waals surface area (Å²) in [6, 6.07) is 14.4. The molecule has 2 unspecified atom stereocenters. The number of aromatic nitrogens is 1. The Bertz CT molecular complexity index is 696. The fraction of sp³-hybridized carbons (Fsp3) is 0.429. The van der Waals surface area contributed by atoms with Crippen LogP contribution in [-0.4, -0.2) is 42.0 Å². The Kier molecular flexibility index (Phi) is 8.23. The largest absolute Gasteiger partial charge is 0.348 e. The van der Waals surface area contributed by atoms with Crippen molar-refractivity contribution in [2.45, 2.75) is 25.9 Å². The van der Waals surface area contributed by atoms with Crippen LogP contribution in [0.1, 0.15) is 37.1 Å². The van der Waals surface area contributed by atoms with Crippen molar-refractivity contribution in [3.8, 4) is 0 Å². The number of rotatable bonds is 6. The van der Waals surface area contributed by atoms with E-state index in [9.17, 15) is 4.79 Å². The van der Waals surface area contributed by atoms with E-state index in [-0.39, 0.29) is 30.4 Å². The Balaban J connectivity index is 0.00000261. The van der Waals surface area contributed by atoms with Crippen LogP contribution < -0.4 is 10.6 Å². The van der Waals surface area contributed by atoms with Crippen molar-refractivity contribution in [3.63, 3.8) is 0 Å². The Labute approximate surface area is 168 Å². The van der Waals surface area contributed by atoms with Crippen LogP contribution in [0, 0.1) is 5.92 Å². The molecule has 1 aliphatic rings. The smallest absolute Gasteiger partial charge is 0.234 e. The van der Waals surface area contributed by atoms with Crippen molar-refractivity contribution in [3.05, 3.63) is 66.0 Å². The number of hydrogen-bond donors (Lipinski definition) is 2. The van der Waals surface area contributed by atoms with Crippen LogP contribution in [0.2, 0.25) is 0 Å². The van der Waals surface area contributed by atoms with Crippen LogP contribution in [-0.2, 0) is 4.79 Å². The zero-order valence-electron chi connectivity index (χ0n) is 16.0. The number of nitrogens with one attached hydrogen (secondary N) is 2. The van der Waals surface area contributed by atoms with Gasteiger partial charge in [-0.25, -0.2) is 0 Å². The molecule has 2 aromatic rings. The molecule has 1 aromatic heterocycles. The van der Waals surface area contributed by atoms with Gasteiger partial charge >= 0.3 is 0 Å². The molecule has 1 fully saturated rings. The van der Waals surface area contributed by atoms with Crippen molar-refractivity contribution in [1.29, 1.82) is 0 Å². The molecule has 3 rings (SSSR count). The van der Waals surface area contributed by atoms with E-state index >= 15 is 0 Å². The number of benzene rings is 1. The summed E-state index contributed by atoms with van der Waals surface area (Å²) in [5.74, 6) is 0.404. The molecule has 0 saturated carbocycles. The second kappa shape index (κ2) is 10.4. The standard InChI is InChI=1S/C21H28N4O.ClH/c1-16(2)21(17-7-4-3-5-8-17)24-20(26)15-25-12-11-23-14-19(25)18-9-6-10-22-13-18;/h3-10,13,16,19,21,23H,11-12,14-15H2,1-2H3,(H,24,26);1H. The molecule has 2 N–H and O–H groups in total. The van der Waals surface area contributed by atoms with Gasteiger partial charge in [0.25, 0.3) is 0 Å². The second-order valence-corrected chi connectivity index (χ2v) is 7.18. The third-order valence-corrected chi connectivity index (χ3v) is 4.91. The first kappa shape index (κ1) is 21.4. The van der Waals surface area contributed by atoms with E-state index in [0.29, 0.717) is 12.5 Å². The molecule has 2 heterocycles. The third-order valence-electron chi connectivity index (χ3n) is 4.91. The average Bonchev–Trinajstić information content (AvgIpc) is 2.68. The normalized spacial score (nSPS) is 18.6. The molecule has 0 spiro atoms. The van der Waals surface area contributed by atoms with Crippen molar-refractivity contribution in [1.82, 2.24) is 20.5 Å². The fourth-order valence-electron chi connectivity index (χ4n) is 3.54. The number of carbonyl (C=O) groups is 1. The molecular weight excluding hydrogens is 360 g/mol. The number of nitrogens with zero attached hydrogens (tertiary/aromatic N) is 2. The topological polar surface area (TPSA) is 57.3 Å². The minimum Gasteiger partial charge on any atom is -0.348 e. The number of pyridine rings is 1. The first-order valence-electron chi connectivity index (χ1n) is 9.34. The molecule has 1 amide bonds. The van der Waals surface area contributed by atoms with Gasteiger partial charge in [0, 0.05) is 38.1 Å². The summed E-state index contributed by atoms with van der Waals surface area (Å²) in [5.41, 5.74) is 2.30. The second-order valence-electron chi connectivity index (χ2n) is 7.18. The molecule has 5 nitrogen and oxygen atoms in total. The molecule has 6 heteroatoms. The van der Waals surface area contributed by atoms with Gasteiger partial charge in [0.2, 0.25) is 5.91 Å². The number of amides is 1. The van der Waals surface area contributed by atoms with Crippen LogP contribution in [0.25, 0.3) is 0 Å². The maximum absolute atomic E-state index is 12.8. The van der Waals surface area contributed by atoms with Crippen LogP contribution in [0.4, 0.5) is 0 Å². The minimum absolute atomic E-state index is 0. The first-order valence-corrected chi connectivity index (χ1v) is 9.34. The lowest BCUT2D eigenvalue weighted by atomic mass is 9.96. The highest BCUT2D eigenvalue weighted by molar-refractivity contribution is 5.85. The molecular formula is C21H29ClN4O. The van der Waals surface area contributed by atoms with Crippen molar-refractivity contribution in [2.75, 3.05) is 26.2 Å². The molecule has 146 valence electrons. The van der Waals surface area contributed by atoms with E-state index in [1.165, 1.54) is 0 Å². The minimum atomic E-state index is 0. The van der Waals surface area contributed by atoms with Gasteiger partial charge < -0.3 is 10.6 Å². The van der Waals surface area contributed by atoms with E-state index in [0.717, 1.165) is 30.8 Å². The van der Waals surface area contributed by atoms with Crippen LogP contribution >= 0.6 is 12.4 Å². The van der Waals surface area contributed by atoms with Gasteiger partial charge in [0.05, 0.1) is 12.6 Å². The highest BCUT2D eigenvalue weighted by atomic mass is 35.5. The summed E-state index contributed by atoms with van der Waals surface area (Å²) in [6.45, 7) is 7.27. The van der Waals surface area contributed by atoms with E-state index in [1.54, 1.807) is 6.20 Å². The molecule has 0 radical (unpaired) electrons. The maximum atomic E-state index is 12.8. The third kappa shape index (κ3) is 5.76. The van der Waals surface area contributed by atoms with E-state index in [1.807, 2.05) is 30.5 Å². The lowest BCUT2D eigenvalue weighted by molar-refractivity contribution is -0.124. The SMILES string of the molecule is CC(C)C(NC(=O)CN1CCNCC1c1cccnc1)c1ccccc1.Cl. The summed E-state index contributed by atoms with van der Waals surface area (Å²) in [6.07, 6.45) is 3.67.